The van der Waals surface area contributed by atoms with Gasteiger partial charge in [0.1, 0.15) is 0 Å². The summed E-state index contributed by atoms with van der Waals surface area (Å²) in [5, 5.41) is 7.71. The van der Waals surface area contributed by atoms with Crippen molar-refractivity contribution >= 4 is 41.3 Å². The molecule has 2 N–H and O–H groups in total. The minimum absolute atomic E-state index is 0. The summed E-state index contributed by atoms with van der Waals surface area (Å²) in [5.41, 5.74) is 0. The molecule has 3 nitrogen and oxygen atoms in total. The first kappa shape index (κ1) is 21.5. The number of alkyl halides is 3. The molecule has 1 atom stereocenters. The predicted octanol–water partition coefficient (Wildman–Crippen LogP) is 4.05. The van der Waals surface area contributed by atoms with E-state index < -0.39 is 12.6 Å². The Labute approximate surface area is 150 Å². The molecule has 0 saturated heterocycles. The lowest BCUT2D eigenvalue weighted by Gasteiger charge is -2.14. The topological polar surface area (TPSA) is 36.4 Å². The van der Waals surface area contributed by atoms with Crippen LogP contribution in [-0.2, 0) is 6.42 Å². The molecular formula is C14H23F3IN3S. The monoisotopic (exact) mass is 449 g/mol. The van der Waals surface area contributed by atoms with E-state index >= 15 is 0 Å². The molecule has 0 bridgehead atoms. The Hall–Kier alpha value is -0.510. The highest BCUT2D eigenvalue weighted by molar-refractivity contribution is 14.0. The molecule has 1 aromatic heterocycles. The highest BCUT2D eigenvalue weighted by atomic mass is 127. The number of nitrogens with zero attached hydrogens (tertiary/aromatic N) is 1. The first-order valence-electron chi connectivity index (χ1n) is 7.02. The van der Waals surface area contributed by atoms with Crippen LogP contribution in [0.1, 0.15) is 25.1 Å². The summed E-state index contributed by atoms with van der Waals surface area (Å²) in [6.07, 6.45) is -4.07. The molecule has 0 saturated carbocycles. The fourth-order valence-corrected chi connectivity index (χ4v) is 2.62. The standard InChI is InChI=1S/C14H22F3N3S.HI/c1-3-18-13(19-7-6-14(15,16)17)20-10-11(2)9-12-5-4-8-21-12;/h4-5,8,11H,3,6-7,9-10H2,1-2H3,(H2,18,19,20);1H. The van der Waals surface area contributed by atoms with Gasteiger partial charge in [-0.2, -0.15) is 13.2 Å². The maximum absolute atomic E-state index is 12.1. The van der Waals surface area contributed by atoms with Gasteiger partial charge in [-0.25, -0.2) is 0 Å². The van der Waals surface area contributed by atoms with Gasteiger partial charge in [0, 0.05) is 24.5 Å². The van der Waals surface area contributed by atoms with Crippen LogP contribution in [0.2, 0.25) is 0 Å². The Morgan fingerprint density at radius 2 is 2.09 bits per heavy atom. The second kappa shape index (κ2) is 11.1. The van der Waals surface area contributed by atoms with Gasteiger partial charge in [0.15, 0.2) is 5.96 Å². The number of halogens is 4. The van der Waals surface area contributed by atoms with Crippen molar-refractivity contribution in [2.45, 2.75) is 32.9 Å². The van der Waals surface area contributed by atoms with Crippen LogP contribution in [0.15, 0.2) is 22.5 Å². The van der Waals surface area contributed by atoms with Gasteiger partial charge in [-0.1, -0.05) is 13.0 Å². The summed E-state index contributed by atoms with van der Waals surface area (Å²) >= 11 is 1.71. The highest BCUT2D eigenvalue weighted by Crippen LogP contribution is 2.18. The van der Waals surface area contributed by atoms with Crippen molar-refractivity contribution in [3.8, 4) is 0 Å². The van der Waals surface area contributed by atoms with Gasteiger partial charge >= 0.3 is 6.18 Å². The largest absolute Gasteiger partial charge is 0.390 e. The molecule has 0 amide bonds. The summed E-state index contributed by atoms with van der Waals surface area (Å²) in [7, 11) is 0. The van der Waals surface area contributed by atoms with E-state index in [0.29, 0.717) is 25.0 Å². The van der Waals surface area contributed by atoms with Crippen LogP contribution in [0.25, 0.3) is 0 Å². The van der Waals surface area contributed by atoms with Crippen LogP contribution in [0.4, 0.5) is 13.2 Å². The number of hydrogen-bond acceptors (Lipinski definition) is 2. The summed E-state index contributed by atoms with van der Waals surface area (Å²) < 4.78 is 36.4. The lowest BCUT2D eigenvalue weighted by molar-refractivity contribution is -0.132. The number of hydrogen-bond donors (Lipinski definition) is 2. The zero-order valence-electron chi connectivity index (χ0n) is 12.7. The normalized spacial score (nSPS) is 13.4. The van der Waals surface area contributed by atoms with Crippen molar-refractivity contribution in [1.82, 2.24) is 10.6 Å². The van der Waals surface area contributed by atoms with Crippen LogP contribution < -0.4 is 10.6 Å². The van der Waals surface area contributed by atoms with Crippen LogP contribution in [-0.4, -0.2) is 31.8 Å². The van der Waals surface area contributed by atoms with E-state index in [1.807, 2.05) is 18.4 Å². The van der Waals surface area contributed by atoms with Crippen molar-refractivity contribution in [3.63, 3.8) is 0 Å². The van der Waals surface area contributed by atoms with Gasteiger partial charge in [0.2, 0.25) is 0 Å². The minimum Gasteiger partial charge on any atom is -0.357 e. The maximum atomic E-state index is 12.1. The van der Waals surface area contributed by atoms with Gasteiger partial charge in [0.25, 0.3) is 0 Å². The third-order valence-electron chi connectivity index (χ3n) is 2.74. The molecule has 1 unspecified atom stereocenters. The molecule has 0 aromatic carbocycles. The number of nitrogens with one attached hydrogen (secondary N) is 2. The molecular weight excluding hydrogens is 426 g/mol. The minimum atomic E-state index is -4.14. The van der Waals surface area contributed by atoms with Crippen LogP contribution in [0.5, 0.6) is 0 Å². The first-order valence-corrected chi connectivity index (χ1v) is 7.90. The van der Waals surface area contributed by atoms with Gasteiger partial charge in [0.05, 0.1) is 6.42 Å². The van der Waals surface area contributed by atoms with E-state index in [1.165, 1.54) is 4.88 Å². The lowest BCUT2D eigenvalue weighted by Crippen LogP contribution is -2.39. The lowest BCUT2D eigenvalue weighted by atomic mass is 10.1. The third-order valence-corrected chi connectivity index (χ3v) is 3.63. The van der Waals surface area contributed by atoms with E-state index in [9.17, 15) is 13.2 Å². The predicted molar refractivity (Wildman–Crippen MR) is 97.3 cm³/mol. The van der Waals surface area contributed by atoms with Gasteiger partial charge in [-0.15, -0.1) is 35.3 Å². The van der Waals surface area contributed by atoms with E-state index in [2.05, 4.69) is 28.6 Å². The fourth-order valence-electron chi connectivity index (χ4n) is 1.75. The molecule has 8 heteroatoms. The Balaban J connectivity index is 0.00000441. The Bertz CT molecular complexity index is 421. The average Bonchev–Trinajstić information content (AvgIpc) is 2.87. The second-order valence-electron chi connectivity index (χ2n) is 4.90. The molecule has 128 valence electrons. The van der Waals surface area contributed by atoms with Crippen molar-refractivity contribution in [1.29, 1.82) is 0 Å². The molecule has 0 spiro atoms. The molecule has 0 radical (unpaired) electrons. The Morgan fingerprint density at radius 1 is 1.36 bits per heavy atom. The molecule has 1 aromatic rings. The summed E-state index contributed by atoms with van der Waals surface area (Å²) in [6, 6.07) is 4.09. The van der Waals surface area contributed by atoms with Gasteiger partial charge < -0.3 is 10.6 Å². The number of guanidine groups is 1. The molecule has 0 fully saturated rings. The molecule has 0 aliphatic rings. The summed E-state index contributed by atoms with van der Waals surface area (Å²) in [6.45, 7) is 5.02. The smallest absolute Gasteiger partial charge is 0.357 e. The van der Waals surface area contributed by atoms with Gasteiger partial charge in [-0.05, 0) is 30.7 Å². The van der Waals surface area contributed by atoms with Crippen molar-refractivity contribution < 1.29 is 13.2 Å². The molecule has 1 heterocycles. The van der Waals surface area contributed by atoms with E-state index in [-0.39, 0.29) is 30.5 Å². The SMILES string of the molecule is CCNC(=NCC(C)Cc1cccs1)NCCC(F)(F)F.I. The van der Waals surface area contributed by atoms with Crippen molar-refractivity contribution in [3.05, 3.63) is 22.4 Å². The molecule has 1 rings (SSSR count). The zero-order valence-corrected chi connectivity index (χ0v) is 15.9. The van der Waals surface area contributed by atoms with Crippen LogP contribution in [0, 0.1) is 5.92 Å². The van der Waals surface area contributed by atoms with Crippen LogP contribution in [0.3, 0.4) is 0 Å². The van der Waals surface area contributed by atoms with Gasteiger partial charge in [-0.3, -0.25) is 4.99 Å². The van der Waals surface area contributed by atoms with E-state index in [0.717, 1.165) is 6.42 Å². The Morgan fingerprint density at radius 3 is 2.64 bits per heavy atom. The average molecular weight is 449 g/mol. The van der Waals surface area contributed by atoms with E-state index in [1.54, 1.807) is 11.3 Å². The summed E-state index contributed by atoms with van der Waals surface area (Å²) in [5.74, 6) is 0.793. The zero-order chi connectivity index (χ0) is 15.7. The number of rotatable bonds is 7. The quantitative estimate of drug-likeness (QED) is 0.375. The van der Waals surface area contributed by atoms with Crippen molar-refractivity contribution in [2.75, 3.05) is 19.6 Å². The molecule has 22 heavy (non-hydrogen) atoms. The number of aliphatic imine (C=N–C) groups is 1. The second-order valence-corrected chi connectivity index (χ2v) is 5.93. The highest BCUT2D eigenvalue weighted by Gasteiger charge is 2.26. The summed E-state index contributed by atoms with van der Waals surface area (Å²) in [4.78, 5) is 5.64. The van der Waals surface area contributed by atoms with Crippen LogP contribution >= 0.6 is 35.3 Å². The number of thiophene rings is 1. The fraction of sp³-hybridized carbons (Fsp3) is 0.643. The Kier molecular flexibility index (Phi) is 10.8. The molecule has 0 aliphatic carbocycles. The molecule has 0 aliphatic heterocycles. The van der Waals surface area contributed by atoms with Crippen molar-refractivity contribution in [2.24, 2.45) is 10.9 Å². The maximum Gasteiger partial charge on any atom is 0.390 e. The first-order chi connectivity index (χ1) is 9.90. The third kappa shape index (κ3) is 10.3. The van der Waals surface area contributed by atoms with E-state index in [4.69, 9.17) is 0 Å².